The van der Waals surface area contributed by atoms with Gasteiger partial charge in [0.05, 0.1) is 0 Å². The second-order valence-electron chi connectivity index (χ2n) is 5.58. The Balaban J connectivity index is 1.60. The van der Waals surface area contributed by atoms with E-state index in [1.54, 1.807) is 12.1 Å². The lowest BCUT2D eigenvalue weighted by atomic mass is 9.94. The summed E-state index contributed by atoms with van der Waals surface area (Å²) in [6, 6.07) is 7.98. The maximum absolute atomic E-state index is 13.6. The van der Waals surface area contributed by atoms with Gasteiger partial charge in [0.25, 0.3) is 0 Å². The first-order valence-corrected chi connectivity index (χ1v) is 6.79. The van der Waals surface area contributed by atoms with Crippen LogP contribution in [-0.4, -0.2) is 12.6 Å². The third-order valence-electron chi connectivity index (χ3n) is 3.97. The molecule has 2 saturated carbocycles. The number of nitrogens with one attached hydrogen (secondary N) is 1. The van der Waals surface area contributed by atoms with Crippen molar-refractivity contribution in [1.82, 2.24) is 5.32 Å². The predicted octanol–water partition coefficient (Wildman–Crippen LogP) is 3.15. The van der Waals surface area contributed by atoms with Crippen LogP contribution in [0.15, 0.2) is 24.3 Å². The lowest BCUT2D eigenvalue weighted by molar-refractivity contribution is 0.415. The van der Waals surface area contributed by atoms with Gasteiger partial charge < -0.3 is 5.32 Å². The molecule has 0 aliphatic heterocycles. The average Bonchev–Trinajstić information content (AvgIpc) is 3.18. The normalized spacial score (nSPS) is 21.5. The lowest BCUT2D eigenvalue weighted by Crippen LogP contribution is -2.27. The summed E-state index contributed by atoms with van der Waals surface area (Å²) in [4.78, 5) is 0. The molecular formula is C15H20FN. The molecule has 1 N–H and O–H groups in total. The lowest BCUT2D eigenvalue weighted by Gasteiger charge is -2.17. The maximum atomic E-state index is 13.6. The molecule has 2 aliphatic carbocycles. The third-order valence-corrected chi connectivity index (χ3v) is 3.97. The topological polar surface area (TPSA) is 12.0 Å². The molecule has 17 heavy (non-hydrogen) atoms. The van der Waals surface area contributed by atoms with E-state index in [2.05, 4.69) is 5.32 Å². The van der Waals surface area contributed by atoms with Crippen LogP contribution in [0.1, 0.15) is 31.2 Å². The van der Waals surface area contributed by atoms with Gasteiger partial charge in [-0.1, -0.05) is 18.2 Å². The van der Waals surface area contributed by atoms with Crippen LogP contribution >= 0.6 is 0 Å². The molecular weight excluding hydrogens is 213 g/mol. The number of halogens is 1. The summed E-state index contributed by atoms with van der Waals surface area (Å²) in [5.74, 6) is 1.43. The van der Waals surface area contributed by atoms with Crippen molar-refractivity contribution in [2.45, 2.75) is 38.1 Å². The van der Waals surface area contributed by atoms with Gasteiger partial charge in [-0.15, -0.1) is 0 Å². The third kappa shape index (κ3) is 3.06. The van der Waals surface area contributed by atoms with Gasteiger partial charge in [0.1, 0.15) is 5.82 Å². The van der Waals surface area contributed by atoms with Crippen molar-refractivity contribution in [2.24, 2.45) is 11.8 Å². The van der Waals surface area contributed by atoms with E-state index in [1.807, 2.05) is 12.1 Å². The Labute approximate surface area is 102 Å². The molecule has 0 amide bonds. The molecule has 0 spiro atoms. The fraction of sp³-hybridized carbons (Fsp3) is 0.600. The minimum atomic E-state index is -0.0374. The second-order valence-corrected chi connectivity index (χ2v) is 5.58. The molecule has 1 unspecified atom stereocenters. The largest absolute Gasteiger partial charge is 0.314 e. The summed E-state index contributed by atoms with van der Waals surface area (Å²) in [7, 11) is 0. The Bertz CT molecular complexity index is 382. The van der Waals surface area contributed by atoms with Crippen LogP contribution in [0.25, 0.3) is 0 Å². The summed E-state index contributed by atoms with van der Waals surface area (Å²) in [5.41, 5.74) is 0.891. The standard InChI is InChI=1S/C15H20FN/c16-15-4-2-1-3-12(15)9-13(11-5-6-11)10-17-14-7-8-14/h1-4,11,13-14,17H,5-10H2. The quantitative estimate of drug-likeness (QED) is 0.796. The number of hydrogen-bond donors (Lipinski definition) is 1. The Morgan fingerprint density at radius 1 is 1.18 bits per heavy atom. The highest BCUT2D eigenvalue weighted by atomic mass is 19.1. The molecule has 0 saturated heterocycles. The van der Waals surface area contributed by atoms with Crippen LogP contribution < -0.4 is 5.32 Å². The molecule has 0 heterocycles. The van der Waals surface area contributed by atoms with Gasteiger partial charge in [0.2, 0.25) is 0 Å². The van der Waals surface area contributed by atoms with E-state index in [0.717, 1.165) is 30.5 Å². The zero-order valence-corrected chi connectivity index (χ0v) is 10.2. The van der Waals surface area contributed by atoms with E-state index in [4.69, 9.17) is 0 Å². The van der Waals surface area contributed by atoms with Crippen molar-refractivity contribution in [3.8, 4) is 0 Å². The summed E-state index contributed by atoms with van der Waals surface area (Å²) in [6.45, 7) is 1.07. The summed E-state index contributed by atoms with van der Waals surface area (Å²) < 4.78 is 13.6. The zero-order chi connectivity index (χ0) is 11.7. The Hall–Kier alpha value is -0.890. The molecule has 1 aromatic rings. The fourth-order valence-corrected chi connectivity index (χ4v) is 2.53. The monoisotopic (exact) mass is 233 g/mol. The molecule has 1 aromatic carbocycles. The van der Waals surface area contributed by atoms with Crippen molar-refractivity contribution >= 4 is 0 Å². The van der Waals surface area contributed by atoms with Gasteiger partial charge in [-0.2, -0.15) is 0 Å². The molecule has 0 aromatic heterocycles. The SMILES string of the molecule is Fc1ccccc1CC(CNC1CC1)C1CC1. The molecule has 2 fully saturated rings. The van der Waals surface area contributed by atoms with Crippen molar-refractivity contribution in [3.63, 3.8) is 0 Å². The van der Waals surface area contributed by atoms with Gasteiger partial charge in [-0.3, -0.25) is 0 Å². The van der Waals surface area contributed by atoms with E-state index in [-0.39, 0.29) is 5.82 Å². The summed E-state index contributed by atoms with van der Waals surface area (Å²) in [5, 5.41) is 3.60. The van der Waals surface area contributed by atoms with Gasteiger partial charge >= 0.3 is 0 Å². The first kappa shape index (κ1) is 11.2. The van der Waals surface area contributed by atoms with E-state index < -0.39 is 0 Å². The van der Waals surface area contributed by atoms with Gasteiger partial charge in [-0.05, 0) is 62.1 Å². The second kappa shape index (κ2) is 4.77. The predicted molar refractivity (Wildman–Crippen MR) is 67.3 cm³/mol. The van der Waals surface area contributed by atoms with Crippen LogP contribution in [0.2, 0.25) is 0 Å². The smallest absolute Gasteiger partial charge is 0.126 e. The van der Waals surface area contributed by atoms with Crippen molar-refractivity contribution in [1.29, 1.82) is 0 Å². The minimum absolute atomic E-state index is 0.0374. The zero-order valence-electron chi connectivity index (χ0n) is 10.2. The number of rotatable bonds is 6. The molecule has 1 nitrogen and oxygen atoms in total. The Morgan fingerprint density at radius 2 is 1.94 bits per heavy atom. The van der Waals surface area contributed by atoms with Gasteiger partial charge in [-0.25, -0.2) is 4.39 Å². The van der Waals surface area contributed by atoms with Gasteiger partial charge in [0, 0.05) is 6.04 Å². The first-order valence-electron chi connectivity index (χ1n) is 6.79. The van der Waals surface area contributed by atoms with E-state index in [0.29, 0.717) is 5.92 Å². The van der Waals surface area contributed by atoms with Crippen LogP contribution in [0.5, 0.6) is 0 Å². The van der Waals surface area contributed by atoms with Crippen molar-refractivity contribution in [3.05, 3.63) is 35.6 Å². The molecule has 3 rings (SSSR count). The first-order chi connectivity index (χ1) is 8.33. The number of benzene rings is 1. The average molecular weight is 233 g/mol. The van der Waals surface area contributed by atoms with Crippen molar-refractivity contribution in [2.75, 3.05) is 6.54 Å². The van der Waals surface area contributed by atoms with Crippen molar-refractivity contribution < 1.29 is 4.39 Å². The summed E-state index contributed by atoms with van der Waals surface area (Å²) >= 11 is 0. The van der Waals surface area contributed by atoms with Gasteiger partial charge in [0.15, 0.2) is 0 Å². The van der Waals surface area contributed by atoms with E-state index >= 15 is 0 Å². The molecule has 2 aliphatic rings. The Morgan fingerprint density at radius 3 is 2.59 bits per heavy atom. The maximum Gasteiger partial charge on any atom is 0.126 e. The van der Waals surface area contributed by atoms with E-state index in [1.165, 1.54) is 25.7 Å². The highest BCUT2D eigenvalue weighted by Crippen LogP contribution is 2.38. The molecule has 2 heteroatoms. The molecule has 1 atom stereocenters. The highest BCUT2D eigenvalue weighted by Gasteiger charge is 2.32. The highest BCUT2D eigenvalue weighted by molar-refractivity contribution is 5.18. The Kier molecular flexibility index (Phi) is 3.15. The summed E-state index contributed by atoms with van der Waals surface area (Å²) in [6.07, 6.45) is 6.24. The number of hydrogen-bond acceptors (Lipinski definition) is 1. The minimum Gasteiger partial charge on any atom is -0.314 e. The van der Waals surface area contributed by atoms with Crippen LogP contribution in [-0.2, 0) is 6.42 Å². The van der Waals surface area contributed by atoms with Crippen LogP contribution in [0.3, 0.4) is 0 Å². The molecule has 0 bridgehead atoms. The molecule has 92 valence electrons. The van der Waals surface area contributed by atoms with Crippen LogP contribution in [0.4, 0.5) is 4.39 Å². The molecule has 0 radical (unpaired) electrons. The van der Waals surface area contributed by atoms with E-state index in [9.17, 15) is 4.39 Å². The van der Waals surface area contributed by atoms with Crippen LogP contribution in [0, 0.1) is 17.7 Å². The fourth-order valence-electron chi connectivity index (χ4n) is 2.53.